The van der Waals surface area contributed by atoms with Gasteiger partial charge in [0.1, 0.15) is 6.33 Å². The molecule has 0 spiro atoms. The lowest BCUT2D eigenvalue weighted by Gasteiger charge is -2.10. The van der Waals surface area contributed by atoms with Crippen LogP contribution in [0.4, 0.5) is 0 Å². The topological polar surface area (TPSA) is 70.0 Å². The number of hydrogen-bond donors (Lipinski definition) is 0. The van der Waals surface area contributed by atoms with Crippen LogP contribution in [0.1, 0.15) is 24.5 Å². The van der Waals surface area contributed by atoms with E-state index in [4.69, 9.17) is 11.6 Å². The van der Waals surface area contributed by atoms with Crippen molar-refractivity contribution in [2.45, 2.75) is 18.8 Å². The quantitative estimate of drug-likeness (QED) is 0.561. The Kier molecular flexibility index (Phi) is 2.67. The van der Waals surface area contributed by atoms with Crippen molar-refractivity contribution < 1.29 is 0 Å². The van der Waals surface area contributed by atoms with Crippen LogP contribution in [0.2, 0.25) is 5.02 Å². The van der Waals surface area contributed by atoms with E-state index in [0.29, 0.717) is 27.8 Å². The molecule has 4 aromatic rings. The molecule has 1 aliphatic rings. The summed E-state index contributed by atoms with van der Waals surface area (Å²) in [5.41, 5.74) is 2.28. The largest absolute Gasteiger partial charge is 0.294 e. The Labute approximate surface area is 141 Å². The van der Waals surface area contributed by atoms with Gasteiger partial charge in [-0.1, -0.05) is 22.9 Å². The van der Waals surface area contributed by atoms with E-state index in [2.05, 4.69) is 15.3 Å². The smallest absolute Gasteiger partial charge is 0.262 e. The molecule has 0 radical (unpaired) electrons. The zero-order valence-corrected chi connectivity index (χ0v) is 13.6. The zero-order chi connectivity index (χ0) is 16.4. The SMILES string of the molecule is Cn1c(=O)c2c(Cl)cccc2n2cnc(-n3nncc3C3CC3)c12. The number of fused-ring (bicyclic) bond motifs is 3. The number of aromatic nitrogens is 6. The van der Waals surface area contributed by atoms with Crippen LogP contribution in [0.15, 0.2) is 35.5 Å². The Morgan fingerprint density at radius 3 is 2.92 bits per heavy atom. The summed E-state index contributed by atoms with van der Waals surface area (Å²) in [5, 5.41) is 9.14. The fourth-order valence-electron chi connectivity index (χ4n) is 3.22. The van der Waals surface area contributed by atoms with Crippen molar-refractivity contribution in [3.05, 3.63) is 51.8 Å². The van der Waals surface area contributed by atoms with E-state index in [-0.39, 0.29) is 5.56 Å². The van der Waals surface area contributed by atoms with Gasteiger partial charge in [0.15, 0.2) is 11.5 Å². The highest BCUT2D eigenvalue weighted by atomic mass is 35.5. The molecule has 3 heterocycles. The minimum absolute atomic E-state index is 0.155. The first-order valence-corrected chi connectivity index (χ1v) is 8.10. The lowest BCUT2D eigenvalue weighted by Crippen LogP contribution is -2.21. The molecule has 1 aromatic carbocycles. The number of imidazole rings is 1. The number of hydrogen-bond acceptors (Lipinski definition) is 4. The Hall–Kier alpha value is -2.67. The molecule has 0 saturated heterocycles. The number of nitrogens with zero attached hydrogens (tertiary/aromatic N) is 6. The van der Waals surface area contributed by atoms with Crippen LogP contribution < -0.4 is 5.56 Å². The third-order valence-corrected chi connectivity index (χ3v) is 4.90. The highest BCUT2D eigenvalue weighted by molar-refractivity contribution is 6.35. The van der Waals surface area contributed by atoms with E-state index in [0.717, 1.165) is 24.1 Å². The van der Waals surface area contributed by atoms with Gasteiger partial charge in [0.25, 0.3) is 5.56 Å². The van der Waals surface area contributed by atoms with Crippen molar-refractivity contribution in [2.75, 3.05) is 0 Å². The van der Waals surface area contributed by atoms with Crippen LogP contribution in [0.5, 0.6) is 0 Å². The van der Waals surface area contributed by atoms with Gasteiger partial charge < -0.3 is 0 Å². The van der Waals surface area contributed by atoms with Gasteiger partial charge in [-0.25, -0.2) is 4.98 Å². The second-order valence-corrected chi connectivity index (χ2v) is 6.51. The first kappa shape index (κ1) is 13.7. The average Bonchev–Trinajstić information content (AvgIpc) is 3.14. The van der Waals surface area contributed by atoms with Crippen molar-refractivity contribution in [3.63, 3.8) is 0 Å². The molecule has 0 aliphatic heterocycles. The van der Waals surface area contributed by atoms with Gasteiger partial charge in [0.2, 0.25) is 0 Å². The van der Waals surface area contributed by atoms with Crippen LogP contribution in [-0.2, 0) is 7.05 Å². The number of halogens is 1. The lowest BCUT2D eigenvalue weighted by molar-refractivity contribution is 0.744. The Bertz CT molecular complexity index is 1170. The summed E-state index contributed by atoms with van der Waals surface area (Å²) >= 11 is 6.24. The summed E-state index contributed by atoms with van der Waals surface area (Å²) in [5.74, 6) is 1.08. The van der Waals surface area contributed by atoms with Crippen LogP contribution >= 0.6 is 11.6 Å². The minimum Gasteiger partial charge on any atom is -0.294 e. The number of benzene rings is 1. The van der Waals surface area contributed by atoms with Gasteiger partial charge in [0.05, 0.1) is 27.8 Å². The van der Waals surface area contributed by atoms with Crippen LogP contribution in [0, 0.1) is 0 Å². The summed E-state index contributed by atoms with van der Waals surface area (Å²) in [6.07, 6.45) is 5.74. The van der Waals surface area contributed by atoms with Gasteiger partial charge in [-0.15, -0.1) is 5.10 Å². The molecule has 5 rings (SSSR count). The number of aryl methyl sites for hydroxylation is 1. The van der Waals surface area contributed by atoms with E-state index in [1.54, 1.807) is 34.9 Å². The Morgan fingerprint density at radius 1 is 1.29 bits per heavy atom. The third kappa shape index (κ3) is 1.73. The summed E-state index contributed by atoms with van der Waals surface area (Å²) in [6, 6.07) is 5.41. The molecule has 1 saturated carbocycles. The summed E-state index contributed by atoms with van der Waals surface area (Å²) in [7, 11) is 1.72. The lowest BCUT2D eigenvalue weighted by atomic mass is 10.2. The maximum atomic E-state index is 12.8. The molecular weight excluding hydrogens is 328 g/mol. The van der Waals surface area contributed by atoms with Gasteiger partial charge in [-0.3, -0.25) is 13.8 Å². The molecular formula is C16H13ClN6O. The van der Waals surface area contributed by atoms with Crippen molar-refractivity contribution in [2.24, 2.45) is 7.05 Å². The highest BCUT2D eigenvalue weighted by Gasteiger charge is 2.29. The van der Waals surface area contributed by atoms with E-state index in [1.165, 1.54) is 0 Å². The Morgan fingerprint density at radius 2 is 2.12 bits per heavy atom. The minimum atomic E-state index is -0.155. The third-order valence-electron chi connectivity index (χ3n) is 4.58. The molecule has 1 aliphatic carbocycles. The molecule has 0 atom stereocenters. The van der Waals surface area contributed by atoms with Crippen LogP contribution in [0.3, 0.4) is 0 Å². The molecule has 0 N–H and O–H groups in total. The first-order valence-electron chi connectivity index (χ1n) is 7.72. The molecule has 24 heavy (non-hydrogen) atoms. The number of rotatable bonds is 2. The van der Waals surface area contributed by atoms with E-state index in [1.807, 2.05) is 16.5 Å². The van der Waals surface area contributed by atoms with Crippen molar-refractivity contribution >= 4 is 28.2 Å². The molecule has 7 nitrogen and oxygen atoms in total. The standard InChI is InChI=1S/C16H13ClN6O/c1-21-15-14(23-12(7-19-20-23)9-5-6-9)18-8-22(15)11-4-2-3-10(17)13(11)16(21)24/h2-4,7-9H,5-6H2,1H3. The average molecular weight is 341 g/mol. The summed E-state index contributed by atoms with van der Waals surface area (Å²) in [4.78, 5) is 17.3. The normalized spacial score (nSPS) is 14.8. The van der Waals surface area contributed by atoms with Gasteiger partial charge in [-0.05, 0) is 25.0 Å². The second kappa shape index (κ2) is 4.67. The molecule has 0 bridgehead atoms. The van der Waals surface area contributed by atoms with Crippen molar-refractivity contribution in [1.29, 1.82) is 0 Å². The molecule has 8 heteroatoms. The summed E-state index contributed by atoms with van der Waals surface area (Å²) in [6.45, 7) is 0. The van der Waals surface area contributed by atoms with Gasteiger partial charge in [-0.2, -0.15) is 4.68 Å². The fraction of sp³-hybridized carbons (Fsp3) is 0.250. The molecule has 0 amide bonds. The van der Waals surface area contributed by atoms with Crippen LogP contribution in [-0.4, -0.2) is 28.9 Å². The molecule has 120 valence electrons. The van der Waals surface area contributed by atoms with Crippen molar-refractivity contribution in [3.8, 4) is 5.82 Å². The van der Waals surface area contributed by atoms with E-state index < -0.39 is 0 Å². The second-order valence-electron chi connectivity index (χ2n) is 6.10. The monoisotopic (exact) mass is 340 g/mol. The van der Waals surface area contributed by atoms with Gasteiger partial charge in [0, 0.05) is 13.0 Å². The van der Waals surface area contributed by atoms with Crippen LogP contribution in [0.25, 0.3) is 22.4 Å². The molecule has 0 unspecified atom stereocenters. The highest BCUT2D eigenvalue weighted by Crippen LogP contribution is 2.40. The maximum Gasteiger partial charge on any atom is 0.262 e. The Balaban J connectivity index is 1.92. The predicted molar refractivity (Wildman–Crippen MR) is 89.8 cm³/mol. The molecule has 3 aromatic heterocycles. The first-order chi connectivity index (χ1) is 11.7. The van der Waals surface area contributed by atoms with E-state index in [9.17, 15) is 4.79 Å². The molecule has 1 fully saturated rings. The summed E-state index contributed by atoms with van der Waals surface area (Å²) < 4.78 is 5.17. The predicted octanol–water partition coefficient (Wildman–Crippen LogP) is 2.30. The van der Waals surface area contributed by atoms with E-state index >= 15 is 0 Å². The fourth-order valence-corrected chi connectivity index (χ4v) is 3.47. The van der Waals surface area contributed by atoms with Gasteiger partial charge >= 0.3 is 0 Å². The zero-order valence-electron chi connectivity index (χ0n) is 12.8. The maximum absolute atomic E-state index is 12.8. The van der Waals surface area contributed by atoms with Crippen molar-refractivity contribution in [1.82, 2.24) is 28.9 Å².